The number of nitrogens with zero attached hydrogens (tertiary/aromatic N) is 6. The standard InChI is InChI=1S/C24H27N9O6/c25-20-16-21(28-10-27-20)33(11-29-16)24-18(36)17(35)19(39-24)23(38)32-6-4-31(5-7-32)9-15(34)30-14-3-1-2-12-13(14)8-26-22(12)37/h1-3,10-11,17-19,24,35-36H,4-9H2,(H,26,37)(H,30,34)(H2,25,27,28)/t17-,18-,19+,24-/m1/s1. The van der Waals surface area contributed by atoms with Gasteiger partial charge in [0.2, 0.25) is 5.91 Å². The Bertz CT molecular complexity index is 1450. The zero-order valence-corrected chi connectivity index (χ0v) is 20.7. The van der Waals surface area contributed by atoms with Crippen LogP contribution in [0.15, 0.2) is 30.9 Å². The number of aliphatic hydroxyl groups is 2. The summed E-state index contributed by atoms with van der Waals surface area (Å²) >= 11 is 0. The molecule has 0 saturated carbocycles. The van der Waals surface area contributed by atoms with E-state index in [4.69, 9.17) is 10.5 Å². The lowest BCUT2D eigenvalue weighted by molar-refractivity contribution is -0.150. The summed E-state index contributed by atoms with van der Waals surface area (Å²) in [5.74, 6) is -0.677. The molecule has 204 valence electrons. The number of nitrogens with two attached hydrogens (primary N) is 1. The van der Waals surface area contributed by atoms with E-state index >= 15 is 0 Å². The molecule has 5 heterocycles. The maximum atomic E-state index is 13.2. The summed E-state index contributed by atoms with van der Waals surface area (Å²) in [4.78, 5) is 53.4. The van der Waals surface area contributed by atoms with E-state index in [0.717, 1.165) is 5.56 Å². The third-order valence-electron chi connectivity index (χ3n) is 7.31. The number of nitrogens with one attached hydrogen (secondary N) is 2. The molecule has 2 fully saturated rings. The van der Waals surface area contributed by atoms with Crippen LogP contribution in [0.5, 0.6) is 0 Å². The fourth-order valence-electron chi connectivity index (χ4n) is 5.22. The fraction of sp³-hybridized carbons (Fsp3) is 0.417. The van der Waals surface area contributed by atoms with Crippen LogP contribution in [0.2, 0.25) is 0 Å². The molecule has 4 atom stereocenters. The van der Waals surface area contributed by atoms with Crippen LogP contribution >= 0.6 is 0 Å². The second-order valence-electron chi connectivity index (χ2n) is 9.68. The van der Waals surface area contributed by atoms with Crippen LogP contribution in [-0.2, 0) is 20.9 Å². The molecule has 3 aromatic rings. The number of nitrogen functional groups attached to an aromatic ring is 1. The molecule has 15 nitrogen and oxygen atoms in total. The largest absolute Gasteiger partial charge is 0.387 e. The highest BCUT2D eigenvalue weighted by atomic mass is 16.6. The number of anilines is 2. The minimum Gasteiger partial charge on any atom is -0.387 e. The monoisotopic (exact) mass is 537 g/mol. The number of aliphatic hydroxyl groups excluding tert-OH is 2. The first-order chi connectivity index (χ1) is 18.8. The van der Waals surface area contributed by atoms with Gasteiger partial charge in [0.15, 0.2) is 23.8 Å². The average Bonchev–Trinajstić information content (AvgIpc) is 3.61. The van der Waals surface area contributed by atoms with Crippen LogP contribution < -0.4 is 16.4 Å². The van der Waals surface area contributed by atoms with Gasteiger partial charge in [0, 0.05) is 49.5 Å². The van der Waals surface area contributed by atoms with Crippen molar-refractivity contribution in [2.45, 2.75) is 31.1 Å². The molecule has 2 aromatic heterocycles. The first-order valence-electron chi connectivity index (χ1n) is 12.5. The molecule has 0 aliphatic carbocycles. The number of carbonyl (C=O) groups is 3. The van der Waals surface area contributed by atoms with Crippen LogP contribution in [-0.4, -0.2) is 108 Å². The lowest BCUT2D eigenvalue weighted by Crippen LogP contribution is -2.54. The van der Waals surface area contributed by atoms with Gasteiger partial charge >= 0.3 is 0 Å². The molecule has 0 spiro atoms. The third kappa shape index (κ3) is 4.44. The number of benzene rings is 1. The van der Waals surface area contributed by atoms with E-state index in [-0.39, 0.29) is 24.2 Å². The van der Waals surface area contributed by atoms with Crippen molar-refractivity contribution in [2.24, 2.45) is 0 Å². The highest BCUT2D eigenvalue weighted by Crippen LogP contribution is 2.33. The Balaban J connectivity index is 1.05. The maximum Gasteiger partial charge on any atom is 0.254 e. The number of imidazole rings is 1. The molecule has 0 bridgehead atoms. The predicted octanol–water partition coefficient (Wildman–Crippen LogP) is -1.95. The zero-order chi connectivity index (χ0) is 27.3. The van der Waals surface area contributed by atoms with Gasteiger partial charge in [-0.1, -0.05) is 6.07 Å². The van der Waals surface area contributed by atoms with Gasteiger partial charge in [-0.15, -0.1) is 0 Å². The van der Waals surface area contributed by atoms with Gasteiger partial charge in [-0.05, 0) is 12.1 Å². The molecular formula is C24H27N9O6. The second kappa shape index (κ2) is 9.85. The normalized spacial score (nSPS) is 25.1. The Morgan fingerprint density at radius 2 is 1.92 bits per heavy atom. The van der Waals surface area contributed by atoms with Gasteiger partial charge in [0.05, 0.1) is 12.9 Å². The van der Waals surface area contributed by atoms with E-state index in [2.05, 4.69) is 25.6 Å². The van der Waals surface area contributed by atoms with Crippen molar-refractivity contribution in [1.82, 2.24) is 34.6 Å². The fourth-order valence-corrected chi connectivity index (χ4v) is 5.22. The minimum absolute atomic E-state index is 0.120. The SMILES string of the molecule is Nc1ncnc2c1ncn2[C@@H]1O[C@H](C(=O)N2CCN(CC(=O)Nc3cccc4c3CNC4=O)CC2)[C@H](O)[C@H]1O. The van der Waals surface area contributed by atoms with Crippen LogP contribution in [0, 0.1) is 0 Å². The van der Waals surface area contributed by atoms with Gasteiger partial charge < -0.3 is 36.2 Å². The lowest BCUT2D eigenvalue weighted by Gasteiger charge is -2.35. The Labute approximate surface area is 221 Å². The number of aromatic nitrogens is 4. The number of amides is 3. The van der Waals surface area contributed by atoms with Crippen LogP contribution in [0.3, 0.4) is 0 Å². The van der Waals surface area contributed by atoms with Gasteiger partial charge in [0.25, 0.3) is 11.8 Å². The number of fused-ring (bicyclic) bond motifs is 2. The van der Waals surface area contributed by atoms with Crippen molar-refractivity contribution in [3.63, 3.8) is 0 Å². The number of rotatable bonds is 5. The first kappa shape index (κ1) is 25.1. The molecule has 2 saturated heterocycles. The number of hydrogen-bond acceptors (Lipinski definition) is 11. The Morgan fingerprint density at radius 1 is 1.13 bits per heavy atom. The van der Waals surface area contributed by atoms with E-state index < -0.39 is 30.4 Å². The molecule has 39 heavy (non-hydrogen) atoms. The van der Waals surface area contributed by atoms with E-state index in [1.807, 2.05) is 4.90 Å². The number of carbonyl (C=O) groups excluding carboxylic acids is 3. The Morgan fingerprint density at radius 3 is 2.72 bits per heavy atom. The topological polar surface area (TPSA) is 201 Å². The highest BCUT2D eigenvalue weighted by Gasteiger charge is 2.49. The summed E-state index contributed by atoms with van der Waals surface area (Å²) < 4.78 is 7.23. The minimum atomic E-state index is -1.46. The molecule has 3 amide bonds. The molecule has 3 aliphatic heterocycles. The molecular weight excluding hydrogens is 510 g/mol. The number of ether oxygens (including phenoxy) is 1. The molecule has 15 heteroatoms. The summed E-state index contributed by atoms with van der Waals surface area (Å²) in [7, 11) is 0. The smallest absolute Gasteiger partial charge is 0.254 e. The summed E-state index contributed by atoms with van der Waals surface area (Å²) in [6.45, 7) is 1.99. The summed E-state index contributed by atoms with van der Waals surface area (Å²) in [6, 6.07) is 5.21. The molecule has 0 unspecified atom stereocenters. The maximum absolute atomic E-state index is 13.2. The van der Waals surface area contributed by atoms with Crippen molar-refractivity contribution in [3.8, 4) is 0 Å². The molecule has 3 aliphatic rings. The molecule has 6 rings (SSSR count). The van der Waals surface area contributed by atoms with Crippen molar-refractivity contribution in [3.05, 3.63) is 42.0 Å². The van der Waals surface area contributed by atoms with Crippen molar-refractivity contribution < 1.29 is 29.3 Å². The van der Waals surface area contributed by atoms with Crippen LogP contribution in [0.4, 0.5) is 11.5 Å². The highest BCUT2D eigenvalue weighted by molar-refractivity contribution is 6.02. The van der Waals surface area contributed by atoms with E-state index in [1.54, 1.807) is 23.1 Å². The van der Waals surface area contributed by atoms with Crippen molar-refractivity contribution in [2.75, 3.05) is 43.8 Å². The van der Waals surface area contributed by atoms with Gasteiger partial charge in [-0.2, -0.15) is 0 Å². The summed E-state index contributed by atoms with van der Waals surface area (Å²) in [5.41, 5.74) is 8.38. The van der Waals surface area contributed by atoms with Crippen molar-refractivity contribution in [1.29, 1.82) is 0 Å². The average molecular weight is 538 g/mol. The van der Waals surface area contributed by atoms with Crippen LogP contribution in [0.25, 0.3) is 11.2 Å². The van der Waals surface area contributed by atoms with E-state index in [9.17, 15) is 24.6 Å². The molecule has 6 N–H and O–H groups in total. The van der Waals surface area contributed by atoms with Crippen LogP contribution in [0.1, 0.15) is 22.1 Å². The zero-order valence-electron chi connectivity index (χ0n) is 20.7. The van der Waals surface area contributed by atoms with E-state index in [1.165, 1.54) is 17.2 Å². The summed E-state index contributed by atoms with van der Waals surface area (Å²) in [5, 5.41) is 26.9. The van der Waals surface area contributed by atoms with E-state index in [0.29, 0.717) is 55.1 Å². The predicted molar refractivity (Wildman–Crippen MR) is 135 cm³/mol. The number of piperazine rings is 1. The molecule has 0 radical (unpaired) electrons. The van der Waals surface area contributed by atoms with Gasteiger partial charge in [-0.3, -0.25) is 23.9 Å². The Kier molecular flexibility index (Phi) is 6.34. The third-order valence-corrected chi connectivity index (χ3v) is 7.31. The van der Waals surface area contributed by atoms with Crippen molar-refractivity contribution >= 4 is 40.4 Å². The second-order valence-corrected chi connectivity index (χ2v) is 9.68. The number of hydrogen-bond donors (Lipinski definition) is 5. The Hall–Kier alpha value is -4.18. The van der Waals surface area contributed by atoms with Gasteiger partial charge in [-0.25, -0.2) is 15.0 Å². The van der Waals surface area contributed by atoms with Gasteiger partial charge in [0.1, 0.15) is 24.1 Å². The molecule has 1 aromatic carbocycles. The first-order valence-corrected chi connectivity index (χ1v) is 12.5. The quantitative estimate of drug-likeness (QED) is 0.242. The lowest BCUT2D eigenvalue weighted by atomic mass is 10.1. The summed E-state index contributed by atoms with van der Waals surface area (Å²) in [6.07, 6.45) is -2.62.